The van der Waals surface area contributed by atoms with E-state index in [1.165, 1.54) is 18.4 Å². The molecule has 3 rings (SSSR count). The van der Waals surface area contributed by atoms with Crippen molar-refractivity contribution in [3.8, 4) is 0 Å². The van der Waals surface area contributed by atoms with Crippen LogP contribution >= 0.6 is 0 Å². The van der Waals surface area contributed by atoms with E-state index < -0.39 is 0 Å². The monoisotopic (exact) mass is 283 g/mol. The van der Waals surface area contributed by atoms with E-state index in [4.69, 9.17) is 4.98 Å². The number of rotatable bonds is 5. The molecule has 5 nitrogen and oxygen atoms in total. The van der Waals surface area contributed by atoms with Gasteiger partial charge in [0.2, 0.25) is 5.95 Å². The third kappa shape index (κ3) is 3.48. The summed E-state index contributed by atoms with van der Waals surface area (Å²) >= 11 is 0. The van der Waals surface area contributed by atoms with Crippen molar-refractivity contribution in [3.63, 3.8) is 0 Å². The number of pyridine rings is 1. The molecule has 1 aliphatic heterocycles. The van der Waals surface area contributed by atoms with Crippen LogP contribution in [0.25, 0.3) is 0 Å². The fourth-order valence-electron chi connectivity index (χ4n) is 2.59. The first-order valence-corrected chi connectivity index (χ1v) is 7.51. The molecular formula is C16H21N5. The second kappa shape index (κ2) is 6.52. The Kier molecular flexibility index (Phi) is 4.28. The summed E-state index contributed by atoms with van der Waals surface area (Å²) in [6, 6.07) is 6.11. The van der Waals surface area contributed by atoms with Crippen LogP contribution in [0.4, 0.5) is 11.8 Å². The van der Waals surface area contributed by atoms with Gasteiger partial charge in [-0.05, 0) is 43.0 Å². The first kappa shape index (κ1) is 13.8. The van der Waals surface area contributed by atoms with E-state index in [0.29, 0.717) is 0 Å². The van der Waals surface area contributed by atoms with E-state index in [-0.39, 0.29) is 0 Å². The Morgan fingerprint density at radius 2 is 1.86 bits per heavy atom. The van der Waals surface area contributed by atoms with Gasteiger partial charge in [-0.15, -0.1) is 0 Å². The van der Waals surface area contributed by atoms with Crippen molar-refractivity contribution in [3.05, 3.63) is 42.4 Å². The maximum Gasteiger partial charge on any atom is 0.227 e. The van der Waals surface area contributed by atoms with Gasteiger partial charge in [-0.25, -0.2) is 4.98 Å². The van der Waals surface area contributed by atoms with Gasteiger partial charge >= 0.3 is 0 Å². The summed E-state index contributed by atoms with van der Waals surface area (Å²) < 4.78 is 0. The number of nitrogens with zero attached hydrogens (tertiary/aromatic N) is 5. The zero-order valence-electron chi connectivity index (χ0n) is 12.4. The summed E-state index contributed by atoms with van der Waals surface area (Å²) in [5, 5.41) is 0. The number of hydrogen-bond acceptors (Lipinski definition) is 5. The SMILES string of the molecule is CN(CCc1ccncc1)c1nccc(N2CCCC2)n1. The van der Waals surface area contributed by atoms with Crippen LogP contribution in [-0.2, 0) is 6.42 Å². The van der Waals surface area contributed by atoms with Crippen molar-refractivity contribution in [1.82, 2.24) is 15.0 Å². The molecule has 2 aromatic heterocycles. The highest BCUT2D eigenvalue weighted by Crippen LogP contribution is 2.19. The van der Waals surface area contributed by atoms with Crippen LogP contribution in [0.1, 0.15) is 18.4 Å². The summed E-state index contributed by atoms with van der Waals surface area (Å²) in [7, 11) is 2.05. The van der Waals surface area contributed by atoms with Crippen molar-refractivity contribution in [2.24, 2.45) is 0 Å². The van der Waals surface area contributed by atoms with E-state index in [0.717, 1.165) is 37.8 Å². The number of likely N-dealkylation sites (N-methyl/N-ethyl adjacent to an activating group) is 1. The average molecular weight is 283 g/mol. The van der Waals surface area contributed by atoms with Crippen molar-refractivity contribution < 1.29 is 0 Å². The normalized spacial score (nSPS) is 14.4. The largest absolute Gasteiger partial charge is 0.356 e. The van der Waals surface area contributed by atoms with E-state index in [9.17, 15) is 0 Å². The predicted molar refractivity (Wildman–Crippen MR) is 84.7 cm³/mol. The van der Waals surface area contributed by atoms with Gasteiger partial charge in [-0.1, -0.05) is 0 Å². The summed E-state index contributed by atoms with van der Waals surface area (Å²) in [5.41, 5.74) is 1.28. The maximum atomic E-state index is 4.70. The first-order valence-electron chi connectivity index (χ1n) is 7.51. The third-order valence-corrected chi connectivity index (χ3v) is 3.88. The van der Waals surface area contributed by atoms with Gasteiger partial charge in [-0.3, -0.25) is 4.98 Å². The zero-order valence-corrected chi connectivity index (χ0v) is 12.4. The molecule has 3 heterocycles. The standard InChI is InChI=1S/C16H21N5/c1-20(13-7-14-4-8-17-9-5-14)16-18-10-6-15(19-16)21-11-2-3-12-21/h4-6,8-10H,2-3,7,11-13H2,1H3. The van der Waals surface area contributed by atoms with Crippen molar-refractivity contribution in [1.29, 1.82) is 0 Å². The lowest BCUT2D eigenvalue weighted by Gasteiger charge is -2.20. The van der Waals surface area contributed by atoms with Crippen LogP contribution in [0.2, 0.25) is 0 Å². The summed E-state index contributed by atoms with van der Waals surface area (Å²) in [6.07, 6.45) is 9.02. The van der Waals surface area contributed by atoms with Gasteiger partial charge in [-0.2, -0.15) is 4.98 Å². The van der Waals surface area contributed by atoms with Crippen molar-refractivity contribution in [2.45, 2.75) is 19.3 Å². The number of hydrogen-bond donors (Lipinski definition) is 0. The van der Waals surface area contributed by atoms with Crippen LogP contribution in [0.15, 0.2) is 36.8 Å². The van der Waals surface area contributed by atoms with Crippen LogP contribution < -0.4 is 9.80 Å². The van der Waals surface area contributed by atoms with Gasteiger partial charge in [0.15, 0.2) is 0 Å². The Labute approximate surface area is 125 Å². The first-order chi connectivity index (χ1) is 10.3. The molecule has 1 aliphatic rings. The highest BCUT2D eigenvalue weighted by molar-refractivity contribution is 5.44. The number of anilines is 2. The molecule has 0 radical (unpaired) electrons. The van der Waals surface area contributed by atoms with Crippen molar-refractivity contribution in [2.75, 3.05) is 36.5 Å². The van der Waals surface area contributed by atoms with Crippen LogP contribution in [0.5, 0.6) is 0 Å². The van der Waals surface area contributed by atoms with Crippen LogP contribution in [0, 0.1) is 0 Å². The Balaban J connectivity index is 1.64. The Morgan fingerprint density at radius 1 is 1.10 bits per heavy atom. The smallest absolute Gasteiger partial charge is 0.227 e. The Bertz CT molecular complexity index is 566. The summed E-state index contributed by atoms with van der Waals surface area (Å²) in [5.74, 6) is 1.85. The minimum atomic E-state index is 0.799. The minimum absolute atomic E-state index is 0.799. The molecule has 5 heteroatoms. The van der Waals surface area contributed by atoms with Crippen molar-refractivity contribution >= 4 is 11.8 Å². The van der Waals surface area contributed by atoms with Gasteiger partial charge in [0.05, 0.1) is 0 Å². The zero-order chi connectivity index (χ0) is 14.5. The second-order valence-corrected chi connectivity index (χ2v) is 5.44. The highest BCUT2D eigenvalue weighted by Gasteiger charge is 2.15. The molecule has 0 N–H and O–H groups in total. The Hall–Kier alpha value is -2.17. The molecule has 2 aromatic rings. The fraction of sp³-hybridized carbons (Fsp3) is 0.438. The molecule has 21 heavy (non-hydrogen) atoms. The van der Waals surface area contributed by atoms with Gasteiger partial charge < -0.3 is 9.80 Å². The van der Waals surface area contributed by atoms with Gasteiger partial charge in [0.1, 0.15) is 5.82 Å². The average Bonchev–Trinajstić information content (AvgIpc) is 3.08. The molecule has 0 unspecified atom stereocenters. The molecular weight excluding hydrogens is 262 g/mol. The maximum absolute atomic E-state index is 4.70. The van der Waals surface area contributed by atoms with Crippen LogP contribution in [0.3, 0.4) is 0 Å². The molecule has 0 bridgehead atoms. The lowest BCUT2D eigenvalue weighted by atomic mass is 10.2. The van der Waals surface area contributed by atoms with E-state index >= 15 is 0 Å². The van der Waals surface area contributed by atoms with E-state index in [1.807, 2.05) is 31.7 Å². The molecule has 0 amide bonds. The number of aromatic nitrogens is 3. The lowest BCUT2D eigenvalue weighted by molar-refractivity contribution is 0.827. The predicted octanol–water partition coefficient (Wildman–Crippen LogP) is 2.15. The Morgan fingerprint density at radius 3 is 2.62 bits per heavy atom. The van der Waals surface area contributed by atoms with Crippen LogP contribution in [-0.4, -0.2) is 41.6 Å². The molecule has 1 saturated heterocycles. The topological polar surface area (TPSA) is 45.2 Å². The summed E-state index contributed by atoms with van der Waals surface area (Å²) in [6.45, 7) is 3.11. The molecule has 0 spiro atoms. The molecule has 1 fully saturated rings. The molecule has 0 aliphatic carbocycles. The van der Waals surface area contributed by atoms with Gasteiger partial charge in [0, 0.05) is 45.3 Å². The van der Waals surface area contributed by atoms with E-state index in [2.05, 4.69) is 31.9 Å². The summed E-state index contributed by atoms with van der Waals surface area (Å²) in [4.78, 5) is 17.6. The fourth-order valence-corrected chi connectivity index (χ4v) is 2.59. The molecule has 0 atom stereocenters. The molecule has 0 aromatic carbocycles. The third-order valence-electron chi connectivity index (χ3n) is 3.88. The quantitative estimate of drug-likeness (QED) is 0.841. The molecule has 0 saturated carbocycles. The highest BCUT2D eigenvalue weighted by atomic mass is 15.3. The molecule has 110 valence electrons. The minimum Gasteiger partial charge on any atom is -0.356 e. The lowest BCUT2D eigenvalue weighted by Crippen LogP contribution is -2.25. The van der Waals surface area contributed by atoms with Gasteiger partial charge in [0.25, 0.3) is 0 Å². The second-order valence-electron chi connectivity index (χ2n) is 5.44. The van der Waals surface area contributed by atoms with E-state index in [1.54, 1.807) is 0 Å².